The van der Waals surface area contributed by atoms with E-state index in [-0.39, 0.29) is 34.1 Å². The van der Waals surface area contributed by atoms with Gasteiger partial charge in [-0.25, -0.2) is 22.0 Å². The minimum absolute atomic E-state index is 0.0127. The molecule has 0 amide bonds. The van der Waals surface area contributed by atoms with E-state index in [0.717, 1.165) is 55.7 Å². The van der Waals surface area contributed by atoms with Crippen LogP contribution < -0.4 is 4.74 Å². The molecule has 1 saturated carbocycles. The van der Waals surface area contributed by atoms with Gasteiger partial charge in [-0.15, -0.1) is 0 Å². The van der Waals surface area contributed by atoms with Gasteiger partial charge in [0.2, 0.25) is 0 Å². The number of benzene rings is 3. The van der Waals surface area contributed by atoms with Gasteiger partial charge in [-0.1, -0.05) is 44.0 Å². The van der Waals surface area contributed by atoms with Crippen molar-refractivity contribution in [2.24, 2.45) is 5.92 Å². The summed E-state index contributed by atoms with van der Waals surface area (Å²) in [7, 11) is 0. The van der Waals surface area contributed by atoms with Crippen LogP contribution in [0.15, 0.2) is 54.6 Å². The molecule has 0 radical (unpaired) electrons. The molecule has 0 bridgehead atoms. The summed E-state index contributed by atoms with van der Waals surface area (Å²) in [6, 6.07) is 12.9. The van der Waals surface area contributed by atoms with Crippen molar-refractivity contribution in [3.8, 4) is 22.6 Å². The largest absolute Gasteiger partial charge is 0.456 e. The number of hydrogen-bond acceptors (Lipinski definition) is 1. The Bertz CT molecular complexity index is 1110. The van der Waals surface area contributed by atoms with Crippen LogP contribution in [0.4, 0.5) is 22.0 Å². The van der Waals surface area contributed by atoms with Crippen molar-refractivity contribution >= 4 is 0 Å². The normalized spacial score (nSPS) is 18.3. The summed E-state index contributed by atoms with van der Waals surface area (Å²) in [5, 5.41) is 0. The van der Waals surface area contributed by atoms with Crippen LogP contribution in [-0.2, 0) is 0 Å². The molecule has 180 valence electrons. The molecule has 0 atom stereocenters. The number of rotatable bonds is 7. The zero-order valence-electron chi connectivity index (χ0n) is 19.0. The first-order valence-electron chi connectivity index (χ1n) is 11.7. The van der Waals surface area contributed by atoms with Gasteiger partial charge in [-0.3, -0.25) is 0 Å². The maximum atomic E-state index is 13.8. The van der Waals surface area contributed by atoms with Gasteiger partial charge in [-0.05, 0) is 79.0 Å². The minimum Gasteiger partial charge on any atom is -0.456 e. The highest BCUT2D eigenvalue weighted by atomic mass is 19.3. The summed E-state index contributed by atoms with van der Waals surface area (Å²) >= 11 is 0. The Morgan fingerprint density at radius 2 is 1.53 bits per heavy atom. The van der Waals surface area contributed by atoms with Crippen molar-refractivity contribution in [3.05, 3.63) is 83.2 Å². The zero-order chi connectivity index (χ0) is 24.2. The molecule has 0 unspecified atom stereocenters. The van der Waals surface area contributed by atoms with Crippen LogP contribution in [0.5, 0.6) is 11.5 Å². The van der Waals surface area contributed by atoms with Crippen molar-refractivity contribution in [1.82, 2.24) is 0 Å². The van der Waals surface area contributed by atoms with Crippen LogP contribution in [0, 0.1) is 23.4 Å². The standard InChI is InChI=1S/C28H27F5O/c1-2-5-17-8-10-18(11-9-17)19-12-13-22(28(32)33)26(16-19)34-25-7-4-3-6-21(25)20-14-23(29)27(31)24(30)15-20/h3-4,6-7,12-18,28H,2,5,8-11H2,1H3. The minimum atomic E-state index is -2.75. The van der Waals surface area contributed by atoms with Crippen LogP contribution in [0.1, 0.15) is 68.9 Å². The van der Waals surface area contributed by atoms with Gasteiger partial charge in [0.15, 0.2) is 17.5 Å². The average molecular weight is 475 g/mol. The summed E-state index contributed by atoms with van der Waals surface area (Å²) in [6.07, 6.45) is 3.87. The monoisotopic (exact) mass is 474 g/mol. The van der Waals surface area contributed by atoms with E-state index in [9.17, 15) is 22.0 Å². The summed E-state index contributed by atoms with van der Waals surface area (Å²) in [6.45, 7) is 2.19. The number of hydrogen-bond donors (Lipinski definition) is 0. The first kappa shape index (κ1) is 24.2. The summed E-state index contributed by atoms with van der Waals surface area (Å²) < 4.78 is 74.6. The highest BCUT2D eigenvalue weighted by Crippen LogP contribution is 2.42. The van der Waals surface area contributed by atoms with E-state index in [0.29, 0.717) is 0 Å². The fraction of sp³-hybridized carbons (Fsp3) is 0.357. The molecule has 1 nitrogen and oxygen atoms in total. The lowest BCUT2D eigenvalue weighted by atomic mass is 9.77. The highest BCUT2D eigenvalue weighted by Gasteiger charge is 2.24. The smallest absolute Gasteiger partial charge is 0.267 e. The van der Waals surface area contributed by atoms with Crippen molar-refractivity contribution < 1.29 is 26.7 Å². The van der Waals surface area contributed by atoms with E-state index >= 15 is 0 Å². The van der Waals surface area contributed by atoms with E-state index in [1.54, 1.807) is 30.3 Å². The van der Waals surface area contributed by atoms with Crippen LogP contribution >= 0.6 is 0 Å². The first-order chi connectivity index (χ1) is 16.4. The summed E-state index contributed by atoms with van der Waals surface area (Å²) in [5.41, 5.74) is 1.02. The molecule has 6 heteroatoms. The van der Waals surface area contributed by atoms with Crippen molar-refractivity contribution in [1.29, 1.82) is 0 Å². The molecule has 34 heavy (non-hydrogen) atoms. The van der Waals surface area contributed by atoms with Crippen molar-refractivity contribution in [3.63, 3.8) is 0 Å². The molecular weight excluding hydrogens is 447 g/mol. The average Bonchev–Trinajstić information content (AvgIpc) is 2.83. The van der Waals surface area contributed by atoms with Gasteiger partial charge in [0.1, 0.15) is 11.5 Å². The molecule has 0 aromatic heterocycles. The maximum Gasteiger partial charge on any atom is 0.267 e. The van der Waals surface area contributed by atoms with E-state index < -0.39 is 23.9 Å². The first-order valence-corrected chi connectivity index (χ1v) is 11.7. The Kier molecular flexibility index (Phi) is 7.54. The van der Waals surface area contributed by atoms with Crippen molar-refractivity contribution in [2.75, 3.05) is 0 Å². The van der Waals surface area contributed by atoms with Gasteiger partial charge in [0, 0.05) is 5.56 Å². The van der Waals surface area contributed by atoms with Crippen LogP contribution in [-0.4, -0.2) is 0 Å². The number of para-hydroxylation sites is 1. The third-order valence-corrected chi connectivity index (χ3v) is 6.69. The second kappa shape index (κ2) is 10.6. The molecule has 1 fully saturated rings. The molecule has 0 aliphatic heterocycles. The quantitative estimate of drug-likeness (QED) is 0.245. The van der Waals surface area contributed by atoms with Gasteiger partial charge >= 0.3 is 0 Å². The highest BCUT2D eigenvalue weighted by molar-refractivity contribution is 5.71. The molecule has 0 saturated heterocycles. The van der Waals surface area contributed by atoms with E-state index in [1.807, 2.05) is 0 Å². The fourth-order valence-corrected chi connectivity index (χ4v) is 4.89. The van der Waals surface area contributed by atoms with Gasteiger partial charge in [0.05, 0.1) is 5.56 Å². The number of ether oxygens (including phenoxy) is 1. The molecule has 0 N–H and O–H groups in total. The SMILES string of the molecule is CCCC1CCC(c2ccc(C(F)F)c(Oc3ccccc3-c3cc(F)c(F)c(F)c3)c2)CC1. The maximum absolute atomic E-state index is 13.8. The molecular formula is C28H27F5O. The Hall–Kier alpha value is -2.89. The lowest BCUT2D eigenvalue weighted by Crippen LogP contribution is -2.13. The Morgan fingerprint density at radius 3 is 2.18 bits per heavy atom. The van der Waals surface area contributed by atoms with E-state index in [2.05, 4.69) is 6.92 Å². The van der Waals surface area contributed by atoms with E-state index in [4.69, 9.17) is 4.74 Å². The second-order valence-corrected chi connectivity index (χ2v) is 8.96. The molecule has 1 aliphatic carbocycles. The van der Waals surface area contributed by atoms with Gasteiger partial charge in [-0.2, -0.15) is 0 Å². The Morgan fingerprint density at radius 1 is 0.853 bits per heavy atom. The predicted octanol–water partition coefficient (Wildman–Crippen LogP) is 9.57. The molecule has 1 aliphatic rings. The molecule has 0 spiro atoms. The third-order valence-electron chi connectivity index (χ3n) is 6.69. The fourth-order valence-electron chi connectivity index (χ4n) is 4.89. The molecule has 3 aromatic rings. The van der Waals surface area contributed by atoms with Gasteiger partial charge < -0.3 is 4.74 Å². The Labute approximate surface area is 196 Å². The molecule has 4 rings (SSSR count). The third kappa shape index (κ3) is 5.26. The summed E-state index contributed by atoms with van der Waals surface area (Å²) in [4.78, 5) is 0. The zero-order valence-corrected chi connectivity index (χ0v) is 19.0. The second-order valence-electron chi connectivity index (χ2n) is 8.96. The molecule has 3 aromatic carbocycles. The van der Waals surface area contributed by atoms with Crippen molar-refractivity contribution in [2.45, 2.75) is 57.8 Å². The number of halogens is 5. The Balaban J connectivity index is 1.66. The van der Waals surface area contributed by atoms with Gasteiger partial charge in [0.25, 0.3) is 6.43 Å². The predicted molar refractivity (Wildman–Crippen MR) is 123 cm³/mol. The van der Waals surface area contributed by atoms with E-state index in [1.165, 1.54) is 18.6 Å². The number of alkyl halides is 2. The van der Waals surface area contributed by atoms with Crippen LogP contribution in [0.2, 0.25) is 0 Å². The summed E-state index contributed by atoms with van der Waals surface area (Å²) in [5.74, 6) is -3.07. The molecule has 0 heterocycles. The lowest BCUT2D eigenvalue weighted by molar-refractivity contribution is 0.148. The van der Waals surface area contributed by atoms with Crippen LogP contribution in [0.25, 0.3) is 11.1 Å². The lowest BCUT2D eigenvalue weighted by Gasteiger charge is -2.29. The van der Waals surface area contributed by atoms with Crippen LogP contribution in [0.3, 0.4) is 0 Å². The topological polar surface area (TPSA) is 9.23 Å².